The SMILES string of the molecule is CCCn1cccn1.CCn1cccn1. The third kappa shape index (κ3) is 4.44. The van der Waals surface area contributed by atoms with E-state index in [9.17, 15) is 0 Å². The van der Waals surface area contributed by atoms with E-state index in [1.165, 1.54) is 0 Å². The minimum atomic E-state index is 0.965. The van der Waals surface area contributed by atoms with Gasteiger partial charge in [0.1, 0.15) is 0 Å². The van der Waals surface area contributed by atoms with E-state index in [-0.39, 0.29) is 0 Å². The maximum Gasteiger partial charge on any atom is 0.0489 e. The van der Waals surface area contributed by atoms with Crippen molar-refractivity contribution in [3.63, 3.8) is 0 Å². The Morgan fingerprint density at radius 3 is 1.87 bits per heavy atom. The second-order valence-electron chi connectivity index (χ2n) is 3.13. The van der Waals surface area contributed by atoms with Gasteiger partial charge in [0.15, 0.2) is 0 Å². The third-order valence-corrected chi connectivity index (χ3v) is 1.90. The molecular weight excluding hydrogens is 188 g/mol. The van der Waals surface area contributed by atoms with Crippen molar-refractivity contribution in [1.29, 1.82) is 0 Å². The van der Waals surface area contributed by atoms with E-state index in [1.54, 1.807) is 12.4 Å². The molecule has 4 nitrogen and oxygen atoms in total. The molecule has 0 aliphatic carbocycles. The number of hydrogen-bond donors (Lipinski definition) is 0. The number of aryl methyl sites for hydroxylation is 2. The van der Waals surface area contributed by atoms with Gasteiger partial charge in [-0.1, -0.05) is 6.92 Å². The zero-order valence-electron chi connectivity index (χ0n) is 9.37. The first-order valence-corrected chi connectivity index (χ1v) is 5.31. The van der Waals surface area contributed by atoms with E-state index in [4.69, 9.17) is 0 Å². The average Bonchev–Trinajstić information content (AvgIpc) is 2.91. The lowest BCUT2D eigenvalue weighted by Crippen LogP contribution is -1.95. The van der Waals surface area contributed by atoms with Crippen molar-refractivity contribution in [3.05, 3.63) is 36.9 Å². The van der Waals surface area contributed by atoms with E-state index in [0.717, 1.165) is 19.5 Å². The highest BCUT2D eigenvalue weighted by Gasteiger charge is 1.82. The Kier molecular flexibility index (Phi) is 5.22. The minimum absolute atomic E-state index is 0.965. The maximum absolute atomic E-state index is 4.02. The van der Waals surface area contributed by atoms with Crippen molar-refractivity contribution in [3.8, 4) is 0 Å². The average molecular weight is 206 g/mol. The Morgan fingerprint density at radius 1 is 0.933 bits per heavy atom. The highest BCUT2D eigenvalue weighted by atomic mass is 15.3. The molecule has 0 aliphatic heterocycles. The van der Waals surface area contributed by atoms with Crippen LogP contribution in [0.1, 0.15) is 20.3 Å². The molecule has 15 heavy (non-hydrogen) atoms. The summed E-state index contributed by atoms with van der Waals surface area (Å²) in [5.41, 5.74) is 0. The summed E-state index contributed by atoms with van der Waals surface area (Å²) in [6.45, 7) is 6.20. The highest BCUT2D eigenvalue weighted by Crippen LogP contribution is 1.85. The molecule has 4 heteroatoms. The quantitative estimate of drug-likeness (QED) is 0.771. The van der Waals surface area contributed by atoms with Gasteiger partial charge in [-0.25, -0.2) is 0 Å². The van der Waals surface area contributed by atoms with E-state index in [2.05, 4.69) is 24.0 Å². The molecule has 0 fully saturated rings. The lowest BCUT2D eigenvalue weighted by atomic mass is 10.5. The fraction of sp³-hybridized carbons (Fsp3) is 0.455. The third-order valence-electron chi connectivity index (χ3n) is 1.90. The van der Waals surface area contributed by atoms with Crippen LogP contribution in [0, 0.1) is 0 Å². The van der Waals surface area contributed by atoms with Crippen molar-refractivity contribution < 1.29 is 0 Å². The number of rotatable bonds is 3. The van der Waals surface area contributed by atoms with Gasteiger partial charge in [0.25, 0.3) is 0 Å². The molecule has 0 saturated heterocycles. The van der Waals surface area contributed by atoms with Crippen molar-refractivity contribution in [2.75, 3.05) is 0 Å². The molecular formula is C11H18N4. The topological polar surface area (TPSA) is 35.6 Å². The molecule has 2 aromatic rings. The lowest BCUT2D eigenvalue weighted by Gasteiger charge is -1.92. The summed E-state index contributed by atoms with van der Waals surface area (Å²) in [7, 11) is 0. The standard InChI is InChI=1S/C6H10N2.C5H8N2/c1-2-5-8-6-3-4-7-8;1-2-7-5-3-4-6-7/h3-4,6H,2,5H2,1H3;3-5H,2H2,1H3. The van der Waals surface area contributed by atoms with Gasteiger partial charge in [-0.05, 0) is 25.5 Å². The Hall–Kier alpha value is -1.58. The van der Waals surface area contributed by atoms with Gasteiger partial charge in [0.05, 0.1) is 0 Å². The summed E-state index contributed by atoms with van der Waals surface area (Å²) in [5, 5.41) is 7.97. The second kappa shape index (κ2) is 6.81. The zero-order valence-corrected chi connectivity index (χ0v) is 9.37. The zero-order chi connectivity index (χ0) is 10.9. The van der Waals surface area contributed by atoms with Crippen LogP contribution in [0.25, 0.3) is 0 Å². The van der Waals surface area contributed by atoms with Crippen LogP contribution in [-0.4, -0.2) is 19.6 Å². The van der Waals surface area contributed by atoms with E-state index in [0.29, 0.717) is 0 Å². The summed E-state index contributed by atoms with van der Waals surface area (Å²) >= 11 is 0. The predicted molar refractivity (Wildman–Crippen MR) is 60.4 cm³/mol. The first-order chi connectivity index (χ1) is 7.36. The molecule has 0 bridgehead atoms. The molecule has 0 aromatic carbocycles. The molecule has 0 spiro atoms. The molecule has 2 rings (SSSR count). The Balaban J connectivity index is 0.000000151. The van der Waals surface area contributed by atoms with Crippen LogP contribution >= 0.6 is 0 Å². The molecule has 2 aromatic heterocycles. The van der Waals surface area contributed by atoms with E-state index < -0.39 is 0 Å². The van der Waals surface area contributed by atoms with Crippen molar-refractivity contribution in [1.82, 2.24) is 19.6 Å². The summed E-state index contributed by atoms with van der Waals surface area (Å²) in [6, 6.07) is 3.86. The molecule has 0 aliphatic rings. The van der Waals surface area contributed by atoms with Crippen LogP contribution in [0.4, 0.5) is 0 Å². The molecule has 2 heterocycles. The second-order valence-corrected chi connectivity index (χ2v) is 3.13. The smallest absolute Gasteiger partial charge is 0.0489 e. The van der Waals surface area contributed by atoms with E-state index in [1.807, 2.05) is 33.9 Å². The van der Waals surface area contributed by atoms with Gasteiger partial charge in [0.2, 0.25) is 0 Å². The van der Waals surface area contributed by atoms with Gasteiger partial charge in [-0.2, -0.15) is 10.2 Å². The molecule has 0 N–H and O–H groups in total. The largest absolute Gasteiger partial charge is 0.273 e. The lowest BCUT2D eigenvalue weighted by molar-refractivity contribution is 0.603. The highest BCUT2D eigenvalue weighted by molar-refractivity contribution is 4.77. The Labute approximate surface area is 90.5 Å². The number of aromatic nitrogens is 4. The molecule has 0 atom stereocenters. The fourth-order valence-corrected chi connectivity index (χ4v) is 1.15. The molecule has 0 unspecified atom stereocenters. The minimum Gasteiger partial charge on any atom is -0.273 e. The van der Waals surface area contributed by atoms with Crippen LogP contribution < -0.4 is 0 Å². The van der Waals surface area contributed by atoms with Gasteiger partial charge >= 0.3 is 0 Å². The summed E-state index contributed by atoms with van der Waals surface area (Å²) < 4.78 is 3.81. The van der Waals surface area contributed by atoms with Crippen LogP contribution in [-0.2, 0) is 13.1 Å². The Morgan fingerprint density at radius 2 is 1.53 bits per heavy atom. The first kappa shape index (κ1) is 11.5. The van der Waals surface area contributed by atoms with Gasteiger partial charge in [0, 0.05) is 37.9 Å². The van der Waals surface area contributed by atoms with Crippen LogP contribution in [0.3, 0.4) is 0 Å². The van der Waals surface area contributed by atoms with Gasteiger partial charge < -0.3 is 0 Å². The number of hydrogen-bond acceptors (Lipinski definition) is 2. The normalized spacial score (nSPS) is 9.47. The molecule has 0 radical (unpaired) electrons. The molecule has 82 valence electrons. The summed E-state index contributed by atoms with van der Waals surface area (Å²) in [5.74, 6) is 0. The number of nitrogens with zero attached hydrogens (tertiary/aromatic N) is 4. The predicted octanol–water partition coefficient (Wildman–Crippen LogP) is 2.20. The first-order valence-electron chi connectivity index (χ1n) is 5.31. The van der Waals surface area contributed by atoms with Crippen LogP contribution in [0.5, 0.6) is 0 Å². The van der Waals surface area contributed by atoms with Crippen LogP contribution in [0.2, 0.25) is 0 Å². The summed E-state index contributed by atoms with van der Waals surface area (Å²) in [6.07, 6.45) is 8.66. The van der Waals surface area contributed by atoms with Gasteiger partial charge in [-0.3, -0.25) is 9.36 Å². The summed E-state index contributed by atoms with van der Waals surface area (Å²) in [4.78, 5) is 0. The van der Waals surface area contributed by atoms with E-state index >= 15 is 0 Å². The van der Waals surface area contributed by atoms with Crippen LogP contribution in [0.15, 0.2) is 36.9 Å². The fourth-order valence-electron chi connectivity index (χ4n) is 1.15. The molecule has 0 saturated carbocycles. The monoisotopic (exact) mass is 206 g/mol. The molecule has 0 amide bonds. The van der Waals surface area contributed by atoms with Crippen molar-refractivity contribution in [2.24, 2.45) is 0 Å². The maximum atomic E-state index is 4.02. The van der Waals surface area contributed by atoms with Crippen molar-refractivity contribution >= 4 is 0 Å². The van der Waals surface area contributed by atoms with Crippen molar-refractivity contribution in [2.45, 2.75) is 33.4 Å². The van der Waals surface area contributed by atoms with Gasteiger partial charge in [-0.15, -0.1) is 0 Å². The Bertz CT molecular complexity index is 323.